The van der Waals surface area contributed by atoms with Crippen LogP contribution in [0.3, 0.4) is 0 Å². The molecular weight excluding hydrogens is 379 g/mol. The van der Waals surface area contributed by atoms with Gasteiger partial charge < -0.3 is 10.8 Å². The van der Waals surface area contributed by atoms with Gasteiger partial charge in [0.1, 0.15) is 0 Å². The summed E-state index contributed by atoms with van der Waals surface area (Å²) in [7, 11) is 0. The number of aromatic nitrogens is 1. The zero-order chi connectivity index (χ0) is 18.0. The van der Waals surface area contributed by atoms with Crippen LogP contribution in [0.25, 0.3) is 22.0 Å². The summed E-state index contributed by atoms with van der Waals surface area (Å²) in [6.45, 7) is 6.97. The Labute approximate surface area is 173 Å². The molecule has 0 saturated carbocycles. The van der Waals surface area contributed by atoms with Crippen molar-refractivity contribution in [3.05, 3.63) is 64.8 Å². The Morgan fingerprint density at radius 1 is 1.04 bits per heavy atom. The second-order valence-corrected chi connectivity index (χ2v) is 7.09. The minimum absolute atomic E-state index is 0. The number of nitrogens with zero attached hydrogens (tertiary/aromatic N) is 1. The summed E-state index contributed by atoms with van der Waals surface area (Å²) in [6, 6.07) is 14.5. The third-order valence-corrected chi connectivity index (χ3v) is 4.56. The maximum atomic E-state index is 9.55. The molecule has 0 radical (unpaired) electrons. The highest BCUT2D eigenvalue weighted by atomic mass is 35.5. The first-order chi connectivity index (χ1) is 12.0. The van der Waals surface area contributed by atoms with E-state index >= 15 is 0 Å². The molecule has 3 aromatic rings. The van der Waals surface area contributed by atoms with Crippen LogP contribution in [0.2, 0.25) is 0 Å². The molecule has 0 fully saturated rings. The SMILES string of the molecule is Cc1ccc(-c2c(CN)c(CC(C)C)nc3ccc(CO)cc23)cc1.Cl.Cl. The summed E-state index contributed by atoms with van der Waals surface area (Å²) in [6.07, 6.45) is 0.906. The van der Waals surface area contributed by atoms with Crippen molar-refractivity contribution < 1.29 is 5.11 Å². The molecule has 0 aliphatic heterocycles. The highest BCUT2D eigenvalue weighted by molar-refractivity contribution is 5.97. The molecule has 146 valence electrons. The molecule has 0 amide bonds. The molecule has 3 rings (SSSR count). The number of hydrogen-bond donors (Lipinski definition) is 2. The quantitative estimate of drug-likeness (QED) is 0.611. The van der Waals surface area contributed by atoms with Crippen LogP contribution in [0.1, 0.15) is 36.2 Å². The minimum atomic E-state index is 0. The molecule has 1 heterocycles. The Kier molecular flexibility index (Phi) is 8.70. The van der Waals surface area contributed by atoms with E-state index in [0.717, 1.165) is 45.3 Å². The molecule has 5 heteroatoms. The summed E-state index contributed by atoms with van der Waals surface area (Å²) in [5, 5.41) is 10.6. The Morgan fingerprint density at radius 3 is 2.26 bits per heavy atom. The first-order valence-electron chi connectivity index (χ1n) is 8.85. The van der Waals surface area contributed by atoms with Crippen molar-refractivity contribution in [2.75, 3.05) is 0 Å². The highest BCUT2D eigenvalue weighted by Gasteiger charge is 2.17. The average molecular weight is 407 g/mol. The fourth-order valence-electron chi connectivity index (χ4n) is 3.32. The van der Waals surface area contributed by atoms with Crippen molar-refractivity contribution >= 4 is 35.7 Å². The van der Waals surface area contributed by atoms with Crippen molar-refractivity contribution in [1.82, 2.24) is 4.98 Å². The van der Waals surface area contributed by atoms with Crippen molar-refractivity contribution in [2.24, 2.45) is 11.7 Å². The molecule has 27 heavy (non-hydrogen) atoms. The van der Waals surface area contributed by atoms with E-state index < -0.39 is 0 Å². The topological polar surface area (TPSA) is 59.1 Å². The van der Waals surface area contributed by atoms with E-state index in [2.05, 4.69) is 45.0 Å². The summed E-state index contributed by atoms with van der Waals surface area (Å²) < 4.78 is 0. The fourth-order valence-corrected chi connectivity index (χ4v) is 3.32. The largest absolute Gasteiger partial charge is 0.392 e. The van der Waals surface area contributed by atoms with Crippen LogP contribution in [0.5, 0.6) is 0 Å². The number of hydrogen-bond acceptors (Lipinski definition) is 3. The van der Waals surface area contributed by atoms with Gasteiger partial charge in [0.2, 0.25) is 0 Å². The molecule has 3 nitrogen and oxygen atoms in total. The van der Waals surface area contributed by atoms with Crippen molar-refractivity contribution in [3.8, 4) is 11.1 Å². The van der Waals surface area contributed by atoms with Crippen LogP contribution in [0.15, 0.2) is 42.5 Å². The molecule has 0 spiro atoms. The predicted molar refractivity (Wildman–Crippen MR) is 119 cm³/mol. The third kappa shape index (κ3) is 4.99. The maximum Gasteiger partial charge on any atom is 0.0712 e. The monoisotopic (exact) mass is 406 g/mol. The molecule has 0 saturated heterocycles. The van der Waals surface area contributed by atoms with Gasteiger partial charge in [0.05, 0.1) is 12.1 Å². The van der Waals surface area contributed by atoms with E-state index in [1.54, 1.807) is 0 Å². The van der Waals surface area contributed by atoms with Crippen LogP contribution in [-0.2, 0) is 19.6 Å². The van der Waals surface area contributed by atoms with Gasteiger partial charge in [-0.25, -0.2) is 0 Å². The number of aliphatic hydroxyl groups excluding tert-OH is 1. The zero-order valence-electron chi connectivity index (χ0n) is 16.0. The third-order valence-electron chi connectivity index (χ3n) is 4.56. The lowest BCUT2D eigenvalue weighted by Gasteiger charge is -2.18. The van der Waals surface area contributed by atoms with Crippen LogP contribution in [-0.4, -0.2) is 10.1 Å². The van der Waals surface area contributed by atoms with Crippen LogP contribution < -0.4 is 5.73 Å². The number of aryl methyl sites for hydroxylation is 1. The average Bonchev–Trinajstić information content (AvgIpc) is 2.60. The lowest BCUT2D eigenvalue weighted by Crippen LogP contribution is -2.10. The number of halogens is 2. The van der Waals surface area contributed by atoms with Crippen LogP contribution in [0, 0.1) is 12.8 Å². The number of fused-ring (bicyclic) bond motifs is 1. The first kappa shape index (κ1) is 23.4. The van der Waals surface area contributed by atoms with Gasteiger partial charge in [-0.05, 0) is 53.6 Å². The number of nitrogens with two attached hydrogens (primary N) is 1. The number of aliphatic hydroxyl groups is 1. The van der Waals surface area contributed by atoms with Gasteiger partial charge in [-0.15, -0.1) is 24.8 Å². The summed E-state index contributed by atoms with van der Waals surface area (Å²) in [5.74, 6) is 0.512. The molecular formula is C22H28Cl2N2O. The molecule has 3 N–H and O–H groups in total. The Hall–Kier alpha value is -1.65. The Morgan fingerprint density at radius 2 is 1.70 bits per heavy atom. The van der Waals surface area contributed by atoms with E-state index in [1.165, 1.54) is 5.56 Å². The summed E-state index contributed by atoms with van der Waals surface area (Å²) in [4.78, 5) is 4.90. The van der Waals surface area contributed by atoms with Gasteiger partial charge in [-0.2, -0.15) is 0 Å². The zero-order valence-corrected chi connectivity index (χ0v) is 17.7. The van der Waals surface area contributed by atoms with Gasteiger partial charge >= 0.3 is 0 Å². The molecule has 0 atom stereocenters. The van der Waals surface area contributed by atoms with Crippen molar-refractivity contribution in [2.45, 2.75) is 40.3 Å². The smallest absolute Gasteiger partial charge is 0.0712 e. The minimum Gasteiger partial charge on any atom is -0.392 e. The second-order valence-electron chi connectivity index (χ2n) is 7.09. The van der Waals surface area contributed by atoms with Gasteiger partial charge in [0.25, 0.3) is 0 Å². The molecule has 2 aromatic carbocycles. The molecule has 0 aliphatic rings. The highest BCUT2D eigenvalue weighted by Crippen LogP contribution is 2.34. The Balaban J connectivity index is 0.00000182. The summed E-state index contributed by atoms with van der Waals surface area (Å²) >= 11 is 0. The number of rotatable bonds is 5. The van der Waals surface area contributed by atoms with Gasteiger partial charge in [0, 0.05) is 17.6 Å². The van der Waals surface area contributed by atoms with Crippen LogP contribution >= 0.6 is 24.8 Å². The van der Waals surface area contributed by atoms with Crippen molar-refractivity contribution in [1.29, 1.82) is 0 Å². The van der Waals surface area contributed by atoms with Gasteiger partial charge in [-0.3, -0.25) is 4.98 Å². The molecule has 1 aromatic heterocycles. The van der Waals surface area contributed by atoms with E-state index in [9.17, 15) is 5.11 Å². The lowest BCUT2D eigenvalue weighted by molar-refractivity contribution is 0.282. The van der Waals surface area contributed by atoms with Crippen molar-refractivity contribution in [3.63, 3.8) is 0 Å². The lowest BCUT2D eigenvalue weighted by atomic mass is 9.90. The van der Waals surface area contributed by atoms with E-state index in [-0.39, 0.29) is 31.4 Å². The predicted octanol–water partition coefficient (Wildman–Crippen LogP) is 5.20. The van der Waals surface area contributed by atoms with E-state index in [1.807, 2.05) is 18.2 Å². The fraction of sp³-hybridized carbons (Fsp3) is 0.318. The van der Waals surface area contributed by atoms with E-state index in [4.69, 9.17) is 10.7 Å². The second kappa shape index (κ2) is 10.0. The molecule has 0 unspecified atom stereocenters. The Bertz CT molecular complexity index is 893. The molecule has 0 aliphatic carbocycles. The normalized spacial score (nSPS) is 10.6. The van der Waals surface area contributed by atoms with Gasteiger partial charge in [0.15, 0.2) is 0 Å². The number of pyridine rings is 1. The van der Waals surface area contributed by atoms with Crippen LogP contribution in [0.4, 0.5) is 0 Å². The summed E-state index contributed by atoms with van der Waals surface area (Å²) in [5.41, 5.74) is 13.7. The van der Waals surface area contributed by atoms with Gasteiger partial charge in [-0.1, -0.05) is 49.7 Å². The molecule has 0 bridgehead atoms. The first-order valence-corrected chi connectivity index (χ1v) is 8.85. The maximum absolute atomic E-state index is 9.55. The van der Waals surface area contributed by atoms with E-state index in [0.29, 0.717) is 12.5 Å². The number of benzene rings is 2. The standard InChI is InChI=1S/C22H26N2O.2ClH/c1-14(2)10-21-19(12-23)22(17-7-4-15(3)5-8-17)18-11-16(13-25)6-9-20(18)24-21;;/h4-9,11,14,25H,10,12-13,23H2,1-3H3;2*1H.